The third kappa shape index (κ3) is 3.91. The van der Waals surface area contributed by atoms with E-state index in [-0.39, 0.29) is 5.41 Å². The van der Waals surface area contributed by atoms with Gasteiger partial charge >= 0.3 is 0 Å². The van der Waals surface area contributed by atoms with Gasteiger partial charge in [0.25, 0.3) is 0 Å². The molecule has 0 radical (unpaired) electrons. The van der Waals surface area contributed by atoms with Crippen LogP contribution in [0.1, 0.15) is 25.7 Å². The van der Waals surface area contributed by atoms with Crippen molar-refractivity contribution in [1.29, 1.82) is 0 Å². The van der Waals surface area contributed by atoms with Gasteiger partial charge in [0.05, 0.1) is 19.8 Å². The van der Waals surface area contributed by atoms with Crippen LogP contribution in [-0.2, 0) is 9.47 Å². The molecule has 7 heteroatoms. The molecule has 3 fully saturated rings. The SMILES string of the molecule is CNc1ccnc(N2CC[C@@H]3C[C@H](N4CCOCC4)CC[C@@]3(COC)C2)n1. The zero-order chi connectivity index (χ0) is 18.7. The van der Waals surface area contributed by atoms with E-state index in [0.29, 0.717) is 12.0 Å². The number of morpholine rings is 1. The van der Waals surface area contributed by atoms with Crippen LogP contribution in [0.2, 0.25) is 0 Å². The van der Waals surface area contributed by atoms with Gasteiger partial charge in [0.15, 0.2) is 0 Å². The normalized spacial score (nSPS) is 32.1. The van der Waals surface area contributed by atoms with Gasteiger partial charge in [-0.25, -0.2) is 4.98 Å². The van der Waals surface area contributed by atoms with Gasteiger partial charge in [-0.1, -0.05) is 0 Å². The molecule has 1 N–H and O–H groups in total. The van der Waals surface area contributed by atoms with E-state index in [9.17, 15) is 0 Å². The molecule has 3 heterocycles. The second-order valence-corrected chi connectivity index (χ2v) is 8.27. The first-order valence-corrected chi connectivity index (χ1v) is 10.3. The second kappa shape index (κ2) is 8.29. The maximum Gasteiger partial charge on any atom is 0.227 e. The minimum Gasteiger partial charge on any atom is -0.384 e. The molecule has 7 nitrogen and oxygen atoms in total. The third-order valence-corrected chi connectivity index (χ3v) is 6.83. The predicted molar refractivity (Wildman–Crippen MR) is 106 cm³/mol. The molecule has 2 aliphatic heterocycles. The summed E-state index contributed by atoms with van der Waals surface area (Å²) in [6.07, 6.45) is 6.80. The smallest absolute Gasteiger partial charge is 0.227 e. The molecule has 0 amide bonds. The first-order valence-electron chi connectivity index (χ1n) is 10.3. The number of rotatable bonds is 5. The van der Waals surface area contributed by atoms with E-state index in [1.807, 2.05) is 26.4 Å². The summed E-state index contributed by atoms with van der Waals surface area (Å²) in [5.74, 6) is 2.42. The molecule has 0 spiro atoms. The van der Waals surface area contributed by atoms with Gasteiger partial charge < -0.3 is 19.7 Å². The van der Waals surface area contributed by atoms with E-state index in [4.69, 9.17) is 9.47 Å². The van der Waals surface area contributed by atoms with Crippen LogP contribution in [-0.4, -0.2) is 81.1 Å². The summed E-state index contributed by atoms with van der Waals surface area (Å²) in [4.78, 5) is 14.2. The molecule has 2 saturated heterocycles. The zero-order valence-corrected chi connectivity index (χ0v) is 16.7. The molecule has 3 atom stereocenters. The summed E-state index contributed by atoms with van der Waals surface area (Å²) in [6, 6.07) is 2.62. The van der Waals surface area contributed by atoms with Crippen LogP contribution in [0.4, 0.5) is 11.8 Å². The highest BCUT2D eigenvalue weighted by Gasteiger charge is 2.48. The minimum absolute atomic E-state index is 0.217. The lowest BCUT2D eigenvalue weighted by molar-refractivity contribution is -0.0541. The Bertz CT molecular complexity index is 624. The summed E-state index contributed by atoms with van der Waals surface area (Å²) in [5.41, 5.74) is 0.217. The van der Waals surface area contributed by atoms with Crippen molar-refractivity contribution in [2.24, 2.45) is 11.3 Å². The molecule has 0 bridgehead atoms. The summed E-state index contributed by atoms with van der Waals surface area (Å²) in [5, 5.41) is 3.12. The number of nitrogens with zero attached hydrogens (tertiary/aromatic N) is 4. The Balaban J connectivity index is 1.48. The van der Waals surface area contributed by atoms with Gasteiger partial charge in [-0.15, -0.1) is 0 Å². The quantitative estimate of drug-likeness (QED) is 0.843. The average Bonchev–Trinajstić information content (AvgIpc) is 2.74. The van der Waals surface area contributed by atoms with Crippen LogP contribution in [0.3, 0.4) is 0 Å². The number of aromatic nitrogens is 2. The van der Waals surface area contributed by atoms with Crippen molar-refractivity contribution in [2.45, 2.75) is 31.7 Å². The number of methoxy groups -OCH3 is 1. The summed E-state index contributed by atoms with van der Waals surface area (Å²) < 4.78 is 11.3. The molecule has 1 saturated carbocycles. The maximum atomic E-state index is 5.74. The molecule has 0 unspecified atom stereocenters. The van der Waals surface area contributed by atoms with E-state index >= 15 is 0 Å². The molecule has 1 aliphatic carbocycles. The Hall–Kier alpha value is -1.44. The van der Waals surface area contributed by atoms with Crippen LogP contribution in [0.5, 0.6) is 0 Å². The second-order valence-electron chi connectivity index (χ2n) is 8.27. The Morgan fingerprint density at radius 3 is 2.93 bits per heavy atom. The van der Waals surface area contributed by atoms with Crippen LogP contribution >= 0.6 is 0 Å². The highest BCUT2D eigenvalue weighted by molar-refractivity contribution is 5.41. The summed E-state index contributed by atoms with van der Waals surface area (Å²) >= 11 is 0. The minimum atomic E-state index is 0.217. The summed E-state index contributed by atoms with van der Waals surface area (Å²) in [7, 11) is 3.74. The van der Waals surface area contributed by atoms with E-state index in [0.717, 1.165) is 57.8 Å². The van der Waals surface area contributed by atoms with Gasteiger partial charge in [-0.2, -0.15) is 4.98 Å². The average molecular weight is 376 g/mol. The maximum absolute atomic E-state index is 5.74. The van der Waals surface area contributed by atoms with Crippen molar-refractivity contribution >= 4 is 11.8 Å². The third-order valence-electron chi connectivity index (χ3n) is 6.83. The van der Waals surface area contributed by atoms with Crippen LogP contribution in [0.25, 0.3) is 0 Å². The van der Waals surface area contributed by atoms with Gasteiger partial charge in [0.1, 0.15) is 5.82 Å². The van der Waals surface area contributed by atoms with E-state index in [2.05, 4.69) is 25.1 Å². The van der Waals surface area contributed by atoms with Crippen molar-refractivity contribution in [2.75, 3.05) is 70.4 Å². The van der Waals surface area contributed by atoms with E-state index in [1.165, 1.54) is 25.7 Å². The van der Waals surface area contributed by atoms with Crippen LogP contribution in [0, 0.1) is 11.3 Å². The Morgan fingerprint density at radius 1 is 1.30 bits per heavy atom. The Labute approximate surface area is 162 Å². The largest absolute Gasteiger partial charge is 0.384 e. The number of fused-ring (bicyclic) bond motifs is 1. The fourth-order valence-corrected chi connectivity index (χ4v) is 5.37. The van der Waals surface area contributed by atoms with E-state index in [1.54, 1.807) is 0 Å². The molecule has 150 valence electrons. The highest BCUT2D eigenvalue weighted by Crippen LogP contribution is 2.48. The molecular formula is C20H33N5O2. The first-order chi connectivity index (χ1) is 13.2. The predicted octanol–water partition coefficient (Wildman–Crippen LogP) is 1.86. The zero-order valence-electron chi connectivity index (χ0n) is 16.7. The van der Waals surface area contributed by atoms with Crippen LogP contribution < -0.4 is 10.2 Å². The fraction of sp³-hybridized carbons (Fsp3) is 0.800. The number of anilines is 2. The first kappa shape index (κ1) is 18.9. The molecular weight excluding hydrogens is 342 g/mol. The Kier molecular flexibility index (Phi) is 5.80. The lowest BCUT2D eigenvalue weighted by Gasteiger charge is -2.54. The van der Waals surface area contributed by atoms with Crippen molar-refractivity contribution in [3.05, 3.63) is 12.3 Å². The van der Waals surface area contributed by atoms with Gasteiger partial charge in [-0.3, -0.25) is 4.90 Å². The fourth-order valence-electron chi connectivity index (χ4n) is 5.37. The molecule has 1 aromatic rings. The van der Waals surface area contributed by atoms with Gasteiger partial charge in [-0.05, 0) is 37.7 Å². The highest BCUT2D eigenvalue weighted by atomic mass is 16.5. The number of hydrogen-bond acceptors (Lipinski definition) is 7. The van der Waals surface area contributed by atoms with Crippen molar-refractivity contribution in [3.8, 4) is 0 Å². The number of piperidine rings is 1. The molecule has 4 rings (SSSR count). The lowest BCUT2D eigenvalue weighted by Crippen LogP contribution is -2.57. The van der Waals surface area contributed by atoms with Crippen molar-refractivity contribution in [3.63, 3.8) is 0 Å². The molecule has 1 aromatic heterocycles. The molecule has 0 aromatic carbocycles. The number of hydrogen-bond donors (Lipinski definition) is 1. The Morgan fingerprint density at radius 2 is 2.15 bits per heavy atom. The number of ether oxygens (including phenoxy) is 2. The lowest BCUT2D eigenvalue weighted by atomic mass is 9.62. The van der Waals surface area contributed by atoms with Crippen molar-refractivity contribution in [1.82, 2.24) is 14.9 Å². The number of nitrogens with one attached hydrogen (secondary N) is 1. The van der Waals surface area contributed by atoms with Gasteiger partial charge in [0, 0.05) is 58.0 Å². The molecule has 27 heavy (non-hydrogen) atoms. The van der Waals surface area contributed by atoms with Gasteiger partial charge in [0.2, 0.25) is 5.95 Å². The van der Waals surface area contributed by atoms with Crippen LogP contribution in [0.15, 0.2) is 12.3 Å². The van der Waals surface area contributed by atoms with Crippen molar-refractivity contribution < 1.29 is 9.47 Å². The monoisotopic (exact) mass is 375 g/mol. The summed E-state index contributed by atoms with van der Waals surface area (Å²) in [6.45, 7) is 6.80. The topological polar surface area (TPSA) is 62.8 Å². The molecule has 3 aliphatic rings. The standard InChI is InChI=1S/C20H33N5O2/c1-21-18-4-7-22-19(23-18)25-8-5-16-13-17(24-9-11-27-12-10-24)3-6-20(16,14-25)15-26-2/h4,7,16-17H,3,5-6,8-15H2,1-2H3,(H,21,22,23)/t16-,17-,20+/m1/s1. The van der Waals surface area contributed by atoms with E-state index < -0.39 is 0 Å².